The van der Waals surface area contributed by atoms with Crippen molar-refractivity contribution in [3.05, 3.63) is 33.8 Å². The maximum Gasteiger partial charge on any atom is 0.346 e. The molecule has 0 radical (unpaired) electrons. The van der Waals surface area contributed by atoms with Crippen LogP contribution in [0.2, 0.25) is 0 Å². The molecule has 1 aliphatic heterocycles. The van der Waals surface area contributed by atoms with Crippen molar-refractivity contribution < 1.29 is 4.79 Å². The molecule has 1 aliphatic carbocycles. The minimum atomic E-state index is -0.537. The van der Waals surface area contributed by atoms with Gasteiger partial charge in [-0.05, 0) is 43.9 Å². The molecule has 19 heavy (non-hydrogen) atoms. The molecule has 1 unspecified atom stereocenters. The Morgan fingerprint density at radius 1 is 1.47 bits per heavy atom. The Morgan fingerprint density at radius 2 is 2.21 bits per heavy atom. The number of carbonyl (C=O) groups is 1. The zero-order chi connectivity index (χ0) is 13.8. The standard InChI is InChI=1S/C14H16BrN3O/c1-8(2)18-13(19)17-12(16)14(18)7-6-9-10(14)4-3-5-11(9)15/h3-5,8H,6-7H2,1-2H3,(H2,16,17,19). The van der Waals surface area contributed by atoms with Gasteiger partial charge in [-0.3, -0.25) is 0 Å². The first-order valence-corrected chi connectivity index (χ1v) is 7.23. The number of urea groups is 1. The minimum Gasteiger partial charge on any atom is -0.385 e. The summed E-state index contributed by atoms with van der Waals surface area (Å²) in [6, 6.07) is 5.93. The van der Waals surface area contributed by atoms with Crippen LogP contribution in [0.4, 0.5) is 4.79 Å². The summed E-state index contributed by atoms with van der Waals surface area (Å²) in [4.78, 5) is 18.0. The lowest BCUT2D eigenvalue weighted by molar-refractivity contribution is 0.146. The summed E-state index contributed by atoms with van der Waals surface area (Å²) in [7, 11) is 0. The number of nitrogens with zero attached hydrogens (tertiary/aromatic N) is 2. The van der Waals surface area contributed by atoms with Gasteiger partial charge in [0.05, 0.1) is 0 Å². The van der Waals surface area contributed by atoms with Gasteiger partial charge in [0.2, 0.25) is 0 Å². The van der Waals surface area contributed by atoms with Gasteiger partial charge in [-0.25, -0.2) is 4.79 Å². The molecule has 2 amide bonds. The van der Waals surface area contributed by atoms with E-state index in [2.05, 4.69) is 27.0 Å². The summed E-state index contributed by atoms with van der Waals surface area (Å²) < 4.78 is 1.08. The zero-order valence-electron chi connectivity index (χ0n) is 11.0. The lowest BCUT2D eigenvalue weighted by atomic mass is 9.88. The van der Waals surface area contributed by atoms with Gasteiger partial charge < -0.3 is 10.6 Å². The molecule has 5 heteroatoms. The van der Waals surface area contributed by atoms with Crippen LogP contribution in [0.25, 0.3) is 0 Å². The molecule has 1 atom stereocenters. The number of benzene rings is 1. The topological polar surface area (TPSA) is 58.7 Å². The van der Waals surface area contributed by atoms with E-state index in [0.29, 0.717) is 5.84 Å². The molecule has 1 aromatic rings. The molecule has 2 aliphatic rings. The Bertz CT molecular complexity index is 596. The Balaban J connectivity index is 2.23. The van der Waals surface area contributed by atoms with E-state index in [-0.39, 0.29) is 12.1 Å². The number of hydrogen-bond donors (Lipinski definition) is 1. The number of rotatable bonds is 1. The Morgan fingerprint density at radius 3 is 2.89 bits per heavy atom. The lowest BCUT2D eigenvalue weighted by Gasteiger charge is -2.38. The first kappa shape index (κ1) is 12.7. The third-order valence-corrected chi connectivity index (χ3v) is 4.82. The van der Waals surface area contributed by atoms with Crippen LogP contribution in [0.3, 0.4) is 0 Å². The fourth-order valence-corrected chi connectivity index (χ4v) is 3.92. The Hall–Kier alpha value is -1.36. The number of aliphatic imine (C=N–C) groups is 1. The molecule has 4 nitrogen and oxygen atoms in total. The molecular weight excluding hydrogens is 306 g/mol. The summed E-state index contributed by atoms with van der Waals surface area (Å²) in [6.45, 7) is 4.01. The fraction of sp³-hybridized carbons (Fsp3) is 0.429. The molecule has 0 saturated carbocycles. The molecular formula is C14H16BrN3O. The monoisotopic (exact) mass is 321 g/mol. The normalized spacial score (nSPS) is 25.4. The van der Waals surface area contributed by atoms with Crippen LogP contribution in [-0.2, 0) is 12.0 Å². The highest BCUT2D eigenvalue weighted by Gasteiger charge is 2.54. The molecule has 0 aromatic heterocycles. The third-order valence-electron chi connectivity index (χ3n) is 4.07. The first-order chi connectivity index (χ1) is 8.98. The van der Waals surface area contributed by atoms with Gasteiger partial charge in [0.1, 0.15) is 11.4 Å². The first-order valence-electron chi connectivity index (χ1n) is 6.44. The minimum absolute atomic E-state index is 0.0715. The van der Waals surface area contributed by atoms with Gasteiger partial charge in [-0.2, -0.15) is 4.99 Å². The second-order valence-electron chi connectivity index (χ2n) is 5.37. The van der Waals surface area contributed by atoms with E-state index in [1.807, 2.05) is 30.9 Å². The molecule has 1 aromatic carbocycles. The van der Waals surface area contributed by atoms with Crippen LogP contribution >= 0.6 is 15.9 Å². The van der Waals surface area contributed by atoms with Crippen molar-refractivity contribution in [2.45, 2.75) is 38.3 Å². The third kappa shape index (κ3) is 1.51. The molecule has 3 rings (SSSR count). The van der Waals surface area contributed by atoms with E-state index in [1.165, 1.54) is 5.56 Å². The number of carbonyl (C=O) groups excluding carboxylic acids is 1. The lowest BCUT2D eigenvalue weighted by Crippen LogP contribution is -2.52. The second kappa shape index (κ2) is 4.07. The predicted molar refractivity (Wildman–Crippen MR) is 78.1 cm³/mol. The maximum absolute atomic E-state index is 12.1. The van der Waals surface area contributed by atoms with Crippen LogP contribution in [0.15, 0.2) is 27.7 Å². The van der Waals surface area contributed by atoms with Gasteiger partial charge in [0.15, 0.2) is 0 Å². The average molecular weight is 322 g/mol. The number of nitrogens with two attached hydrogens (primary N) is 1. The number of amidine groups is 1. The van der Waals surface area contributed by atoms with E-state index in [4.69, 9.17) is 5.73 Å². The highest BCUT2D eigenvalue weighted by atomic mass is 79.9. The number of halogens is 1. The van der Waals surface area contributed by atoms with Crippen molar-refractivity contribution in [3.8, 4) is 0 Å². The Kier molecular flexibility index (Phi) is 2.71. The largest absolute Gasteiger partial charge is 0.385 e. The van der Waals surface area contributed by atoms with E-state index < -0.39 is 5.54 Å². The number of hydrogen-bond acceptors (Lipinski definition) is 2. The van der Waals surface area contributed by atoms with E-state index in [0.717, 1.165) is 22.9 Å². The summed E-state index contributed by atoms with van der Waals surface area (Å²) in [5, 5.41) is 0. The molecule has 1 spiro atoms. The van der Waals surface area contributed by atoms with Crippen LogP contribution in [0.5, 0.6) is 0 Å². The van der Waals surface area contributed by atoms with Gasteiger partial charge in [0.25, 0.3) is 0 Å². The van der Waals surface area contributed by atoms with E-state index in [9.17, 15) is 4.79 Å². The number of fused-ring (bicyclic) bond motifs is 2. The van der Waals surface area contributed by atoms with Crippen molar-refractivity contribution in [1.29, 1.82) is 0 Å². The van der Waals surface area contributed by atoms with Crippen LogP contribution in [-0.4, -0.2) is 22.8 Å². The number of amides is 2. The van der Waals surface area contributed by atoms with Gasteiger partial charge in [-0.1, -0.05) is 28.1 Å². The van der Waals surface area contributed by atoms with Crippen LogP contribution in [0.1, 0.15) is 31.4 Å². The van der Waals surface area contributed by atoms with Gasteiger partial charge in [0, 0.05) is 10.5 Å². The molecule has 0 saturated heterocycles. The highest BCUT2D eigenvalue weighted by molar-refractivity contribution is 9.10. The molecule has 0 bridgehead atoms. The maximum atomic E-state index is 12.1. The summed E-state index contributed by atoms with van der Waals surface area (Å²) in [6.07, 6.45) is 1.72. The molecule has 2 N–H and O–H groups in total. The van der Waals surface area contributed by atoms with Gasteiger partial charge in [-0.15, -0.1) is 0 Å². The van der Waals surface area contributed by atoms with Crippen LogP contribution < -0.4 is 5.73 Å². The van der Waals surface area contributed by atoms with E-state index >= 15 is 0 Å². The summed E-state index contributed by atoms with van der Waals surface area (Å²) in [5.41, 5.74) is 7.94. The van der Waals surface area contributed by atoms with Crippen molar-refractivity contribution in [3.63, 3.8) is 0 Å². The van der Waals surface area contributed by atoms with Crippen LogP contribution in [0, 0.1) is 0 Å². The van der Waals surface area contributed by atoms with Crippen molar-refractivity contribution in [2.75, 3.05) is 0 Å². The molecule has 100 valence electrons. The fourth-order valence-electron chi connectivity index (χ4n) is 3.35. The molecule has 0 fully saturated rings. The smallest absolute Gasteiger partial charge is 0.346 e. The van der Waals surface area contributed by atoms with Crippen molar-refractivity contribution in [1.82, 2.24) is 4.90 Å². The highest BCUT2D eigenvalue weighted by Crippen LogP contribution is 2.47. The predicted octanol–water partition coefficient (Wildman–Crippen LogP) is 2.79. The average Bonchev–Trinajstić information content (AvgIpc) is 2.82. The Labute approximate surface area is 120 Å². The summed E-state index contributed by atoms with van der Waals surface area (Å²) >= 11 is 3.59. The van der Waals surface area contributed by atoms with Crippen molar-refractivity contribution in [2.24, 2.45) is 10.7 Å². The quantitative estimate of drug-likeness (QED) is 0.864. The SMILES string of the molecule is CC(C)N1C(=O)N=C(N)C12CCc1c(Br)cccc12. The second-order valence-corrected chi connectivity index (χ2v) is 6.22. The summed E-state index contributed by atoms with van der Waals surface area (Å²) in [5.74, 6) is 0.433. The van der Waals surface area contributed by atoms with Crippen molar-refractivity contribution >= 4 is 27.8 Å². The van der Waals surface area contributed by atoms with E-state index in [1.54, 1.807) is 0 Å². The molecule has 1 heterocycles. The van der Waals surface area contributed by atoms with Gasteiger partial charge >= 0.3 is 6.03 Å². The zero-order valence-corrected chi connectivity index (χ0v) is 12.6.